The molecule has 0 bridgehead atoms. The summed E-state index contributed by atoms with van der Waals surface area (Å²) in [5.41, 5.74) is 3.29. The van der Waals surface area contributed by atoms with Gasteiger partial charge in [0.25, 0.3) is 0 Å². The summed E-state index contributed by atoms with van der Waals surface area (Å²) in [6.07, 6.45) is 0.502. The second-order valence-electron chi connectivity index (χ2n) is 5.53. The van der Waals surface area contributed by atoms with Crippen molar-refractivity contribution in [1.29, 1.82) is 0 Å². The molecule has 112 valence electrons. The summed E-state index contributed by atoms with van der Waals surface area (Å²) in [5, 5.41) is 9.90. The highest BCUT2D eigenvalue weighted by molar-refractivity contribution is 5.51. The number of β-amino-alcohol motifs (C(OH)–C–C–N with tert-alkyl or cyclic N) is 1. The van der Waals surface area contributed by atoms with Gasteiger partial charge >= 0.3 is 0 Å². The number of hydrogen-bond acceptors (Lipinski definition) is 5. The summed E-state index contributed by atoms with van der Waals surface area (Å²) < 4.78 is 5.40. The number of aromatic nitrogens is 1. The third-order valence-corrected chi connectivity index (χ3v) is 3.42. The largest absolute Gasteiger partial charge is 0.389 e. The van der Waals surface area contributed by atoms with Gasteiger partial charge in [-0.05, 0) is 32.6 Å². The van der Waals surface area contributed by atoms with Crippen LogP contribution in [0.1, 0.15) is 18.3 Å². The van der Waals surface area contributed by atoms with Crippen LogP contribution in [0.4, 0.5) is 5.69 Å². The lowest BCUT2D eigenvalue weighted by Gasteiger charge is -2.26. The third-order valence-electron chi connectivity index (χ3n) is 3.42. The smallest absolute Gasteiger partial charge is 0.0948 e. The Labute approximate surface area is 121 Å². The molecule has 20 heavy (non-hydrogen) atoms. The number of aliphatic hydroxyl groups excluding tert-OH is 1. The zero-order chi connectivity index (χ0) is 14.5. The molecular weight excluding hydrogens is 254 g/mol. The predicted octanol–water partition coefficient (Wildman–Crippen LogP) is 0.903. The molecule has 1 unspecified atom stereocenters. The number of rotatable bonds is 4. The third kappa shape index (κ3) is 3.91. The fraction of sp³-hybridized carbons (Fsp3) is 0.667. The average Bonchev–Trinajstić information content (AvgIpc) is 2.62. The van der Waals surface area contributed by atoms with E-state index in [1.165, 1.54) is 0 Å². The quantitative estimate of drug-likeness (QED) is 0.887. The summed E-state index contributed by atoms with van der Waals surface area (Å²) in [7, 11) is 4.09. The molecule has 0 amide bonds. The van der Waals surface area contributed by atoms with E-state index in [-0.39, 0.29) is 0 Å². The molecule has 1 aliphatic heterocycles. The molecule has 0 aromatic carbocycles. The van der Waals surface area contributed by atoms with E-state index < -0.39 is 6.10 Å². The highest BCUT2D eigenvalue weighted by Gasteiger charge is 2.20. The molecule has 2 heterocycles. The standard InChI is InChI=1S/C15H25N3O2/c1-4-12-5-6-15(14(16-12)10-17(2)3)18-7-8-20-11-13(19)9-18/h5-6,13,19H,4,7-11H2,1-3H3. The average molecular weight is 279 g/mol. The van der Waals surface area contributed by atoms with E-state index in [0.717, 1.165) is 36.6 Å². The van der Waals surface area contributed by atoms with Crippen molar-refractivity contribution in [3.63, 3.8) is 0 Å². The molecule has 0 spiro atoms. The second kappa shape index (κ2) is 7.02. The van der Waals surface area contributed by atoms with Gasteiger partial charge in [0, 0.05) is 25.3 Å². The highest BCUT2D eigenvalue weighted by atomic mass is 16.5. The minimum atomic E-state index is -0.435. The SMILES string of the molecule is CCc1ccc(N2CCOCC(O)C2)c(CN(C)C)n1. The molecule has 5 nitrogen and oxygen atoms in total. The van der Waals surface area contributed by atoms with Crippen LogP contribution in [0.3, 0.4) is 0 Å². The van der Waals surface area contributed by atoms with Crippen LogP contribution in [-0.4, -0.2) is 61.5 Å². The topological polar surface area (TPSA) is 48.8 Å². The van der Waals surface area contributed by atoms with Crippen LogP contribution in [0, 0.1) is 0 Å². The minimum Gasteiger partial charge on any atom is -0.389 e. The number of nitrogens with zero attached hydrogens (tertiary/aromatic N) is 3. The van der Waals surface area contributed by atoms with E-state index >= 15 is 0 Å². The van der Waals surface area contributed by atoms with Crippen LogP contribution in [-0.2, 0) is 17.7 Å². The summed E-state index contributed by atoms with van der Waals surface area (Å²) in [6, 6.07) is 4.20. The Hall–Kier alpha value is -1.17. The molecule has 1 aromatic heterocycles. The van der Waals surface area contributed by atoms with E-state index in [0.29, 0.717) is 19.8 Å². The van der Waals surface area contributed by atoms with Gasteiger partial charge in [0.2, 0.25) is 0 Å². The van der Waals surface area contributed by atoms with E-state index in [9.17, 15) is 5.11 Å². The van der Waals surface area contributed by atoms with E-state index in [4.69, 9.17) is 9.72 Å². The molecule has 1 aliphatic rings. The second-order valence-corrected chi connectivity index (χ2v) is 5.53. The van der Waals surface area contributed by atoms with Gasteiger partial charge < -0.3 is 19.6 Å². The van der Waals surface area contributed by atoms with Crippen molar-refractivity contribution >= 4 is 5.69 Å². The first-order valence-electron chi connectivity index (χ1n) is 7.24. The van der Waals surface area contributed by atoms with Crippen LogP contribution in [0.25, 0.3) is 0 Å². The van der Waals surface area contributed by atoms with Crippen molar-refractivity contribution in [2.24, 2.45) is 0 Å². The van der Waals surface area contributed by atoms with Crippen LogP contribution in [0.5, 0.6) is 0 Å². The zero-order valence-electron chi connectivity index (χ0n) is 12.7. The van der Waals surface area contributed by atoms with Crippen LogP contribution < -0.4 is 4.90 Å². The van der Waals surface area contributed by atoms with Crippen molar-refractivity contribution in [3.8, 4) is 0 Å². The molecule has 0 aliphatic carbocycles. The van der Waals surface area contributed by atoms with Crippen molar-refractivity contribution in [3.05, 3.63) is 23.5 Å². The first-order valence-corrected chi connectivity index (χ1v) is 7.24. The van der Waals surface area contributed by atoms with Crippen molar-refractivity contribution in [1.82, 2.24) is 9.88 Å². The number of aryl methyl sites for hydroxylation is 1. The number of pyridine rings is 1. The van der Waals surface area contributed by atoms with Gasteiger partial charge in [0.15, 0.2) is 0 Å². The lowest BCUT2D eigenvalue weighted by molar-refractivity contribution is 0.0597. The molecule has 0 saturated carbocycles. The molecule has 1 atom stereocenters. The molecule has 1 N–H and O–H groups in total. The molecule has 2 rings (SSSR count). The van der Waals surface area contributed by atoms with E-state index in [1.54, 1.807) is 0 Å². The Balaban J connectivity index is 2.28. The van der Waals surface area contributed by atoms with Gasteiger partial charge in [-0.1, -0.05) is 6.92 Å². The Morgan fingerprint density at radius 1 is 1.45 bits per heavy atom. The number of anilines is 1. The maximum absolute atomic E-state index is 9.90. The maximum atomic E-state index is 9.90. The normalized spacial score (nSPS) is 20.2. The Morgan fingerprint density at radius 2 is 2.25 bits per heavy atom. The van der Waals surface area contributed by atoms with Crippen LogP contribution in [0.2, 0.25) is 0 Å². The monoisotopic (exact) mass is 279 g/mol. The lowest BCUT2D eigenvalue weighted by Crippen LogP contribution is -2.34. The van der Waals surface area contributed by atoms with Crippen LogP contribution in [0.15, 0.2) is 12.1 Å². The molecule has 1 aromatic rings. The fourth-order valence-corrected chi connectivity index (χ4v) is 2.45. The maximum Gasteiger partial charge on any atom is 0.0948 e. The van der Waals surface area contributed by atoms with Gasteiger partial charge in [-0.2, -0.15) is 0 Å². The lowest BCUT2D eigenvalue weighted by atomic mass is 10.2. The van der Waals surface area contributed by atoms with Crippen molar-refractivity contribution in [2.45, 2.75) is 26.0 Å². The van der Waals surface area contributed by atoms with Crippen molar-refractivity contribution < 1.29 is 9.84 Å². The first kappa shape index (κ1) is 15.2. The van der Waals surface area contributed by atoms with Gasteiger partial charge in [-0.3, -0.25) is 4.98 Å². The first-order chi connectivity index (χ1) is 9.60. The van der Waals surface area contributed by atoms with Gasteiger partial charge in [0.05, 0.1) is 30.7 Å². The number of ether oxygens (including phenoxy) is 1. The predicted molar refractivity (Wildman–Crippen MR) is 80.0 cm³/mol. The Kier molecular flexibility index (Phi) is 5.34. The van der Waals surface area contributed by atoms with E-state index in [2.05, 4.69) is 28.9 Å². The minimum absolute atomic E-state index is 0.417. The summed E-state index contributed by atoms with van der Waals surface area (Å²) in [5.74, 6) is 0. The van der Waals surface area contributed by atoms with Gasteiger partial charge in [-0.15, -0.1) is 0 Å². The summed E-state index contributed by atoms with van der Waals surface area (Å²) in [6.45, 7) is 5.38. The summed E-state index contributed by atoms with van der Waals surface area (Å²) in [4.78, 5) is 9.06. The van der Waals surface area contributed by atoms with Gasteiger partial charge in [-0.25, -0.2) is 0 Å². The molecular formula is C15H25N3O2. The molecule has 1 fully saturated rings. The van der Waals surface area contributed by atoms with E-state index in [1.807, 2.05) is 14.1 Å². The number of hydrogen-bond donors (Lipinski definition) is 1. The Bertz CT molecular complexity index is 437. The molecule has 1 saturated heterocycles. The zero-order valence-corrected chi connectivity index (χ0v) is 12.7. The highest BCUT2D eigenvalue weighted by Crippen LogP contribution is 2.22. The number of aliphatic hydroxyl groups is 1. The van der Waals surface area contributed by atoms with Crippen LogP contribution >= 0.6 is 0 Å². The van der Waals surface area contributed by atoms with Crippen molar-refractivity contribution in [2.75, 3.05) is 45.3 Å². The molecule has 5 heteroatoms. The molecule has 0 radical (unpaired) electrons. The Morgan fingerprint density at radius 3 is 2.95 bits per heavy atom. The summed E-state index contributed by atoms with van der Waals surface area (Å²) >= 11 is 0. The van der Waals surface area contributed by atoms with Gasteiger partial charge in [0.1, 0.15) is 0 Å². The fourth-order valence-electron chi connectivity index (χ4n) is 2.45.